The van der Waals surface area contributed by atoms with E-state index in [2.05, 4.69) is 0 Å². The molecule has 0 aromatic heterocycles. The summed E-state index contributed by atoms with van der Waals surface area (Å²) in [6, 6.07) is 3.66. The first-order valence-corrected chi connectivity index (χ1v) is 4.25. The van der Waals surface area contributed by atoms with Gasteiger partial charge in [0.05, 0.1) is 11.5 Å². The molecule has 0 saturated carbocycles. The van der Waals surface area contributed by atoms with Crippen LogP contribution in [0.3, 0.4) is 0 Å². The molecule has 0 aliphatic carbocycles. The Morgan fingerprint density at radius 3 is 2.75 bits per heavy atom. The van der Waals surface area contributed by atoms with Crippen LogP contribution in [0, 0.1) is 15.5 Å². The molecule has 0 fully saturated rings. The highest BCUT2D eigenvalue weighted by Crippen LogP contribution is 2.26. The van der Waals surface area contributed by atoms with Gasteiger partial charge in [0.2, 0.25) is 5.90 Å². The Bertz CT molecular complexity index is 408. The number of phenolic OH excluding ortho intramolecular Hbond substituents is 1. The zero-order chi connectivity index (χ0) is 11.4. The lowest BCUT2D eigenvalue weighted by Gasteiger charge is -2.04. The molecule has 1 rings (SSSR count). The summed E-state index contributed by atoms with van der Waals surface area (Å²) in [6.45, 7) is 2.02. The van der Waals surface area contributed by atoms with Crippen LogP contribution >= 0.6 is 12.4 Å². The maximum absolute atomic E-state index is 10.5. The van der Waals surface area contributed by atoms with Gasteiger partial charge in [0.25, 0.3) is 0 Å². The predicted octanol–water partition coefficient (Wildman–Crippen LogP) is 2.08. The molecule has 1 aromatic carbocycles. The molecule has 7 heteroatoms. The highest BCUT2D eigenvalue weighted by molar-refractivity contribution is 5.92. The van der Waals surface area contributed by atoms with Crippen LogP contribution in [0.5, 0.6) is 5.75 Å². The van der Waals surface area contributed by atoms with E-state index in [1.54, 1.807) is 6.92 Å². The van der Waals surface area contributed by atoms with E-state index in [0.29, 0.717) is 6.61 Å². The van der Waals surface area contributed by atoms with Crippen LogP contribution in [0.4, 0.5) is 5.69 Å². The average Bonchev–Trinajstić information content (AvgIpc) is 2.18. The summed E-state index contributed by atoms with van der Waals surface area (Å²) < 4.78 is 4.88. The van der Waals surface area contributed by atoms with E-state index in [4.69, 9.17) is 15.3 Å². The van der Waals surface area contributed by atoms with E-state index in [-0.39, 0.29) is 23.9 Å². The fourth-order valence-corrected chi connectivity index (χ4v) is 1.04. The Hall–Kier alpha value is -1.82. The predicted molar refractivity (Wildman–Crippen MR) is 60.5 cm³/mol. The molecule has 0 bridgehead atoms. The number of nitro groups is 1. The van der Waals surface area contributed by atoms with E-state index in [1.807, 2.05) is 0 Å². The third-order valence-corrected chi connectivity index (χ3v) is 1.72. The lowest BCUT2D eigenvalue weighted by Crippen LogP contribution is -2.05. The van der Waals surface area contributed by atoms with Crippen LogP contribution in [-0.2, 0) is 4.74 Å². The summed E-state index contributed by atoms with van der Waals surface area (Å²) in [5.74, 6) is -0.575. The maximum atomic E-state index is 10.5. The molecular formula is C9H11ClN2O4. The largest absolute Gasteiger partial charge is 0.502 e. The van der Waals surface area contributed by atoms with Crippen LogP contribution < -0.4 is 0 Å². The van der Waals surface area contributed by atoms with Gasteiger partial charge in [0, 0.05) is 11.6 Å². The fraction of sp³-hybridized carbons (Fsp3) is 0.222. The zero-order valence-corrected chi connectivity index (χ0v) is 9.28. The summed E-state index contributed by atoms with van der Waals surface area (Å²) in [4.78, 5) is 9.78. The number of phenols is 1. The molecule has 88 valence electrons. The van der Waals surface area contributed by atoms with Gasteiger partial charge in [-0.25, -0.2) is 0 Å². The summed E-state index contributed by atoms with van der Waals surface area (Å²) in [5.41, 5.74) is -0.168. The number of rotatable bonds is 3. The minimum atomic E-state index is -0.710. The molecule has 0 aliphatic heterocycles. The Morgan fingerprint density at radius 1 is 1.62 bits per heavy atom. The molecule has 1 aromatic rings. The van der Waals surface area contributed by atoms with E-state index < -0.39 is 16.4 Å². The smallest absolute Gasteiger partial charge is 0.311 e. The molecular weight excluding hydrogens is 236 g/mol. The van der Waals surface area contributed by atoms with Crippen molar-refractivity contribution in [1.29, 1.82) is 5.41 Å². The number of nitrogens with zero attached hydrogens (tertiary/aromatic N) is 1. The Labute approximate surface area is 97.9 Å². The highest BCUT2D eigenvalue weighted by Gasteiger charge is 2.15. The molecule has 0 atom stereocenters. The first-order valence-electron chi connectivity index (χ1n) is 4.25. The number of aromatic hydroxyl groups is 1. The van der Waals surface area contributed by atoms with Crippen LogP contribution in [-0.4, -0.2) is 22.5 Å². The number of hydrogen-bond donors (Lipinski definition) is 2. The third kappa shape index (κ3) is 3.09. The standard InChI is InChI=1S/C9H10N2O4.ClH/c1-2-15-9(10)6-3-4-8(12)7(5-6)11(13)14;/h3-5,10,12H,2H2,1H3;1H. The van der Waals surface area contributed by atoms with Crippen molar-refractivity contribution in [3.63, 3.8) is 0 Å². The average molecular weight is 247 g/mol. The molecule has 0 radical (unpaired) electrons. The number of hydrogen-bond acceptors (Lipinski definition) is 5. The zero-order valence-electron chi connectivity index (χ0n) is 8.47. The summed E-state index contributed by atoms with van der Waals surface area (Å²) in [6.07, 6.45) is 0. The highest BCUT2D eigenvalue weighted by atomic mass is 35.5. The molecule has 0 heterocycles. The van der Waals surface area contributed by atoms with Gasteiger partial charge in [-0.1, -0.05) is 0 Å². The van der Waals surface area contributed by atoms with Crippen LogP contribution in [0.25, 0.3) is 0 Å². The van der Waals surface area contributed by atoms with Gasteiger partial charge in [-0.2, -0.15) is 0 Å². The SMILES string of the molecule is CCOC(=N)c1ccc(O)c([N+](=O)[O-])c1.Cl. The summed E-state index contributed by atoms with van der Waals surface area (Å²) in [7, 11) is 0. The molecule has 0 aliphatic rings. The number of ether oxygens (including phenoxy) is 1. The van der Waals surface area contributed by atoms with Gasteiger partial charge in [0.15, 0.2) is 5.75 Å². The van der Waals surface area contributed by atoms with Crippen molar-refractivity contribution in [3.8, 4) is 5.75 Å². The number of benzene rings is 1. The number of nitrogens with one attached hydrogen (secondary N) is 1. The van der Waals surface area contributed by atoms with Crippen molar-refractivity contribution in [2.75, 3.05) is 6.61 Å². The minimum absolute atomic E-state index is 0. The van der Waals surface area contributed by atoms with E-state index in [9.17, 15) is 10.1 Å². The monoisotopic (exact) mass is 246 g/mol. The molecule has 2 N–H and O–H groups in total. The molecule has 16 heavy (non-hydrogen) atoms. The van der Waals surface area contributed by atoms with E-state index >= 15 is 0 Å². The van der Waals surface area contributed by atoms with Crippen molar-refractivity contribution in [3.05, 3.63) is 33.9 Å². The lowest BCUT2D eigenvalue weighted by molar-refractivity contribution is -0.385. The van der Waals surface area contributed by atoms with Gasteiger partial charge < -0.3 is 9.84 Å². The van der Waals surface area contributed by atoms with Gasteiger partial charge in [-0.15, -0.1) is 12.4 Å². The van der Waals surface area contributed by atoms with Crippen LogP contribution in [0.15, 0.2) is 18.2 Å². The van der Waals surface area contributed by atoms with Crippen molar-refractivity contribution in [1.82, 2.24) is 0 Å². The van der Waals surface area contributed by atoms with Crippen LogP contribution in [0.1, 0.15) is 12.5 Å². The quantitative estimate of drug-likeness (QED) is 0.369. The Morgan fingerprint density at radius 2 is 2.25 bits per heavy atom. The Balaban J connectivity index is 0.00000225. The van der Waals surface area contributed by atoms with Gasteiger partial charge in [-0.05, 0) is 19.1 Å². The van der Waals surface area contributed by atoms with Gasteiger partial charge in [0.1, 0.15) is 0 Å². The van der Waals surface area contributed by atoms with Crippen molar-refractivity contribution in [2.45, 2.75) is 6.92 Å². The number of nitro benzene ring substituents is 1. The van der Waals surface area contributed by atoms with Crippen molar-refractivity contribution >= 4 is 24.0 Å². The first-order chi connectivity index (χ1) is 7.06. The second-order valence-electron chi connectivity index (χ2n) is 2.72. The van der Waals surface area contributed by atoms with Crippen molar-refractivity contribution in [2.24, 2.45) is 0 Å². The summed E-state index contributed by atoms with van der Waals surface area (Å²) in [5, 5.41) is 27.1. The van der Waals surface area contributed by atoms with Crippen LogP contribution in [0.2, 0.25) is 0 Å². The molecule has 0 unspecified atom stereocenters. The maximum Gasteiger partial charge on any atom is 0.311 e. The fourth-order valence-electron chi connectivity index (χ4n) is 1.04. The second kappa shape index (κ2) is 5.92. The molecule has 6 nitrogen and oxygen atoms in total. The molecule has 0 saturated heterocycles. The lowest BCUT2D eigenvalue weighted by atomic mass is 10.2. The van der Waals surface area contributed by atoms with Gasteiger partial charge in [-0.3, -0.25) is 15.5 Å². The Kier molecular flexibility index (Phi) is 5.24. The van der Waals surface area contributed by atoms with Crippen molar-refractivity contribution < 1.29 is 14.8 Å². The van der Waals surface area contributed by atoms with E-state index in [0.717, 1.165) is 6.07 Å². The second-order valence-corrected chi connectivity index (χ2v) is 2.72. The number of halogens is 1. The normalized spacial score (nSPS) is 9.06. The molecule has 0 spiro atoms. The topological polar surface area (TPSA) is 96.5 Å². The minimum Gasteiger partial charge on any atom is -0.502 e. The summed E-state index contributed by atoms with van der Waals surface area (Å²) >= 11 is 0. The first kappa shape index (κ1) is 14.2. The van der Waals surface area contributed by atoms with Gasteiger partial charge >= 0.3 is 5.69 Å². The third-order valence-electron chi connectivity index (χ3n) is 1.72. The van der Waals surface area contributed by atoms with E-state index in [1.165, 1.54) is 12.1 Å². The molecule has 0 amide bonds.